The molecule has 0 amide bonds. The van der Waals surface area contributed by atoms with Gasteiger partial charge in [-0.25, -0.2) is 0 Å². The maximum atomic E-state index is 4.83. The number of fused-ring (bicyclic) bond motifs is 1. The van der Waals surface area contributed by atoms with Gasteiger partial charge in [0, 0.05) is 11.8 Å². The number of hydrogen-bond donors (Lipinski definition) is 1. The van der Waals surface area contributed by atoms with E-state index in [4.69, 9.17) is 4.99 Å². The van der Waals surface area contributed by atoms with Crippen LogP contribution in [-0.2, 0) is 0 Å². The zero-order chi connectivity index (χ0) is 10.5. The van der Waals surface area contributed by atoms with E-state index >= 15 is 0 Å². The van der Waals surface area contributed by atoms with Crippen molar-refractivity contribution in [1.29, 1.82) is 0 Å². The molecule has 3 aliphatic rings. The van der Waals surface area contributed by atoms with Crippen LogP contribution in [0.5, 0.6) is 0 Å². The first-order valence-electron chi connectivity index (χ1n) is 6.12. The monoisotopic (exact) mass is 224 g/mol. The molecule has 3 unspecified atom stereocenters. The Morgan fingerprint density at radius 3 is 2.93 bits per heavy atom. The fourth-order valence-electron chi connectivity index (χ4n) is 2.69. The van der Waals surface area contributed by atoms with Crippen LogP contribution in [0.15, 0.2) is 4.99 Å². The zero-order valence-corrected chi connectivity index (χ0v) is 10.4. The Labute approximate surface area is 96.3 Å². The van der Waals surface area contributed by atoms with Crippen molar-refractivity contribution in [2.45, 2.75) is 51.6 Å². The van der Waals surface area contributed by atoms with E-state index in [2.05, 4.69) is 19.2 Å². The molecule has 0 bridgehead atoms. The fraction of sp³-hybridized carbons (Fsp3) is 0.917. The van der Waals surface area contributed by atoms with Crippen LogP contribution in [0.1, 0.15) is 39.5 Å². The average Bonchev–Trinajstić information content (AvgIpc) is 2.64. The van der Waals surface area contributed by atoms with Gasteiger partial charge in [-0.05, 0) is 30.6 Å². The molecule has 0 aromatic carbocycles. The van der Waals surface area contributed by atoms with E-state index in [0.29, 0.717) is 11.5 Å². The van der Waals surface area contributed by atoms with E-state index in [9.17, 15) is 0 Å². The molecule has 3 atom stereocenters. The number of nitrogens with zero attached hydrogens (tertiary/aromatic N) is 1. The van der Waals surface area contributed by atoms with Crippen LogP contribution in [0.2, 0.25) is 0 Å². The fourth-order valence-corrected chi connectivity index (χ4v) is 3.90. The van der Waals surface area contributed by atoms with Crippen LogP contribution in [0.3, 0.4) is 0 Å². The maximum Gasteiger partial charge on any atom is 0.157 e. The molecule has 1 aliphatic heterocycles. The van der Waals surface area contributed by atoms with E-state index in [-0.39, 0.29) is 0 Å². The summed E-state index contributed by atoms with van der Waals surface area (Å²) in [6.07, 6.45) is 5.46. The van der Waals surface area contributed by atoms with Crippen molar-refractivity contribution < 1.29 is 0 Å². The second kappa shape index (κ2) is 3.41. The van der Waals surface area contributed by atoms with E-state index < -0.39 is 0 Å². The third kappa shape index (κ3) is 1.91. The number of aliphatic imine (C=N–C) groups is 1. The summed E-state index contributed by atoms with van der Waals surface area (Å²) in [6, 6.07) is 1.33. The lowest BCUT2D eigenvalue weighted by molar-refractivity contribution is 0.489. The molecule has 15 heavy (non-hydrogen) atoms. The largest absolute Gasteiger partial charge is 0.362 e. The molecule has 3 heteroatoms. The molecule has 0 radical (unpaired) electrons. The summed E-state index contributed by atoms with van der Waals surface area (Å²) in [5, 5.41) is 4.87. The smallest absolute Gasteiger partial charge is 0.157 e. The van der Waals surface area contributed by atoms with E-state index in [1.807, 2.05) is 11.8 Å². The normalized spacial score (nSPS) is 44.9. The Balaban J connectivity index is 1.64. The molecule has 1 N–H and O–H groups in total. The van der Waals surface area contributed by atoms with Crippen molar-refractivity contribution in [1.82, 2.24) is 5.32 Å². The van der Waals surface area contributed by atoms with Gasteiger partial charge in [0.1, 0.15) is 0 Å². The van der Waals surface area contributed by atoms with E-state index in [1.54, 1.807) is 0 Å². The molecule has 3 rings (SSSR count). The van der Waals surface area contributed by atoms with E-state index in [0.717, 1.165) is 12.0 Å². The number of hydrogen-bond acceptors (Lipinski definition) is 2. The van der Waals surface area contributed by atoms with Crippen molar-refractivity contribution in [3.63, 3.8) is 0 Å². The molecule has 2 aliphatic carbocycles. The van der Waals surface area contributed by atoms with Gasteiger partial charge in [-0.1, -0.05) is 32.0 Å². The van der Waals surface area contributed by atoms with Crippen LogP contribution >= 0.6 is 11.8 Å². The maximum absolute atomic E-state index is 4.83. The second-order valence-corrected chi connectivity index (χ2v) is 6.90. The lowest BCUT2D eigenvalue weighted by Crippen LogP contribution is -2.41. The Morgan fingerprint density at radius 1 is 1.40 bits per heavy atom. The molecule has 1 saturated heterocycles. The van der Waals surface area contributed by atoms with Gasteiger partial charge in [-0.3, -0.25) is 4.99 Å². The summed E-state index contributed by atoms with van der Waals surface area (Å²) >= 11 is 1.95. The number of nitrogens with one attached hydrogen (secondary N) is 1. The summed E-state index contributed by atoms with van der Waals surface area (Å²) < 4.78 is 0. The molecular formula is C12H20N2S. The van der Waals surface area contributed by atoms with Crippen molar-refractivity contribution in [2.24, 2.45) is 16.3 Å². The summed E-state index contributed by atoms with van der Waals surface area (Å²) in [5.41, 5.74) is 0.474. The predicted octanol–water partition coefficient (Wildman–Crippen LogP) is 2.65. The zero-order valence-electron chi connectivity index (χ0n) is 9.62. The Hall–Kier alpha value is -0.180. The van der Waals surface area contributed by atoms with Crippen LogP contribution in [0.25, 0.3) is 0 Å². The van der Waals surface area contributed by atoms with Crippen LogP contribution < -0.4 is 5.32 Å². The predicted molar refractivity (Wildman–Crippen MR) is 66.3 cm³/mol. The summed E-state index contributed by atoms with van der Waals surface area (Å²) in [5.74, 6) is 2.21. The second-order valence-electron chi connectivity index (χ2n) is 5.90. The van der Waals surface area contributed by atoms with E-state index in [1.165, 1.54) is 36.6 Å². The first-order chi connectivity index (χ1) is 7.15. The Morgan fingerprint density at radius 2 is 2.20 bits per heavy atom. The standard InChI is InChI=1S/C12H20N2S/c1-12(2)6-10(12)14-11-13-9-5-3-4-8(9)7-15-11/h8-10H,3-7H2,1-2H3,(H,13,14). The third-order valence-corrected chi connectivity index (χ3v) is 5.23. The van der Waals surface area contributed by atoms with Crippen molar-refractivity contribution in [2.75, 3.05) is 5.75 Å². The molecular weight excluding hydrogens is 204 g/mol. The summed E-state index contributed by atoms with van der Waals surface area (Å²) in [7, 11) is 0. The third-order valence-electron chi connectivity index (χ3n) is 4.14. The molecule has 3 fully saturated rings. The van der Waals surface area contributed by atoms with Crippen molar-refractivity contribution in [3.8, 4) is 0 Å². The summed E-state index contributed by atoms with van der Waals surface area (Å²) in [6.45, 7) is 4.63. The molecule has 1 heterocycles. The first kappa shape index (κ1) is 10.0. The quantitative estimate of drug-likeness (QED) is 0.740. The van der Waals surface area contributed by atoms with Gasteiger partial charge >= 0.3 is 0 Å². The molecule has 2 saturated carbocycles. The number of rotatable bonds is 1. The molecule has 0 spiro atoms. The SMILES string of the molecule is CC1(C)CC1N=C1NC2CCCC2CS1. The van der Waals surface area contributed by atoms with Gasteiger partial charge in [0.2, 0.25) is 0 Å². The topological polar surface area (TPSA) is 24.4 Å². The first-order valence-corrected chi connectivity index (χ1v) is 7.11. The Bertz CT molecular complexity index is 298. The van der Waals surface area contributed by atoms with Gasteiger partial charge in [0.25, 0.3) is 0 Å². The lowest BCUT2D eigenvalue weighted by Gasteiger charge is -2.28. The highest BCUT2D eigenvalue weighted by Crippen LogP contribution is 2.48. The molecule has 0 aromatic rings. The minimum absolute atomic E-state index is 0.474. The van der Waals surface area contributed by atoms with Crippen molar-refractivity contribution >= 4 is 16.9 Å². The highest BCUT2D eigenvalue weighted by molar-refractivity contribution is 8.13. The molecule has 0 aromatic heterocycles. The number of thioether (sulfide) groups is 1. The van der Waals surface area contributed by atoms with Gasteiger partial charge in [-0.2, -0.15) is 0 Å². The number of amidine groups is 1. The minimum Gasteiger partial charge on any atom is -0.362 e. The molecule has 84 valence electrons. The van der Waals surface area contributed by atoms with Gasteiger partial charge < -0.3 is 5.32 Å². The highest BCUT2D eigenvalue weighted by Gasteiger charge is 2.46. The van der Waals surface area contributed by atoms with Gasteiger partial charge in [-0.15, -0.1) is 0 Å². The molecule has 2 nitrogen and oxygen atoms in total. The Kier molecular flexibility index (Phi) is 2.27. The highest BCUT2D eigenvalue weighted by atomic mass is 32.2. The summed E-state index contributed by atoms with van der Waals surface area (Å²) in [4.78, 5) is 4.83. The average molecular weight is 224 g/mol. The van der Waals surface area contributed by atoms with Gasteiger partial charge in [0.15, 0.2) is 5.17 Å². The van der Waals surface area contributed by atoms with Gasteiger partial charge in [0.05, 0.1) is 6.04 Å². The van der Waals surface area contributed by atoms with Crippen LogP contribution in [0.4, 0.5) is 0 Å². The van der Waals surface area contributed by atoms with Crippen molar-refractivity contribution in [3.05, 3.63) is 0 Å². The van der Waals surface area contributed by atoms with Crippen LogP contribution in [0, 0.1) is 11.3 Å². The minimum atomic E-state index is 0.474. The van der Waals surface area contributed by atoms with Crippen LogP contribution in [-0.4, -0.2) is 23.0 Å². The lowest BCUT2D eigenvalue weighted by atomic mass is 10.1.